The molecule has 0 aliphatic carbocycles. The van der Waals surface area contributed by atoms with Crippen molar-refractivity contribution in [3.63, 3.8) is 0 Å². The molecule has 0 N–H and O–H groups in total. The molecule has 0 aromatic carbocycles. The summed E-state index contributed by atoms with van der Waals surface area (Å²) in [6.07, 6.45) is 0.547. The van der Waals surface area contributed by atoms with E-state index in [0.717, 1.165) is 0 Å². The van der Waals surface area contributed by atoms with Crippen molar-refractivity contribution in [3.8, 4) is 0 Å². The quantitative estimate of drug-likeness (QED) is 0.676. The molecule has 1 aliphatic rings. The lowest BCUT2D eigenvalue weighted by Gasteiger charge is -2.30. The SMILES string of the molecule is CCCOS(=O)(=O)C(C)(C)CC(=O)N1CCOCC1. The predicted molar refractivity (Wildman–Crippen MR) is 71.3 cm³/mol. The molecule has 112 valence electrons. The Hall–Kier alpha value is -0.660. The zero-order valence-electron chi connectivity index (χ0n) is 11.8. The molecule has 1 rings (SSSR count). The fourth-order valence-electron chi connectivity index (χ4n) is 1.73. The van der Waals surface area contributed by atoms with Gasteiger partial charge in [-0.25, -0.2) is 0 Å². The highest BCUT2D eigenvalue weighted by Gasteiger charge is 2.38. The van der Waals surface area contributed by atoms with Gasteiger partial charge in [0.05, 0.1) is 19.8 Å². The van der Waals surface area contributed by atoms with Crippen molar-refractivity contribution in [2.24, 2.45) is 0 Å². The summed E-state index contributed by atoms with van der Waals surface area (Å²) in [5.41, 5.74) is 0. The van der Waals surface area contributed by atoms with E-state index in [2.05, 4.69) is 0 Å². The van der Waals surface area contributed by atoms with E-state index in [0.29, 0.717) is 32.7 Å². The molecule has 1 saturated heterocycles. The van der Waals surface area contributed by atoms with Gasteiger partial charge >= 0.3 is 0 Å². The molecule has 6 nitrogen and oxygen atoms in total. The molecule has 1 fully saturated rings. The molecule has 0 spiro atoms. The van der Waals surface area contributed by atoms with Crippen molar-refractivity contribution in [2.45, 2.75) is 38.4 Å². The smallest absolute Gasteiger partial charge is 0.273 e. The Bertz CT molecular complexity index is 398. The van der Waals surface area contributed by atoms with Crippen LogP contribution in [0, 0.1) is 0 Å². The number of rotatable bonds is 6. The van der Waals surface area contributed by atoms with Crippen LogP contribution >= 0.6 is 0 Å². The zero-order chi connectivity index (χ0) is 14.5. The van der Waals surface area contributed by atoms with Crippen LogP contribution in [0.25, 0.3) is 0 Å². The topological polar surface area (TPSA) is 72.9 Å². The van der Waals surface area contributed by atoms with Crippen LogP contribution < -0.4 is 0 Å². The van der Waals surface area contributed by atoms with Crippen molar-refractivity contribution in [1.29, 1.82) is 0 Å². The summed E-state index contributed by atoms with van der Waals surface area (Å²) in [6, 6.07) is 0. The maximum atomic E-state index is 12.1. The molecule has 1 amide bonds. The predicted octanol–water partition coefficient (Wildman–Crippen LogP) is 0.770. The number of ether oxygens (including phenoxy) is 1. The molecule has 1 heterocycles. The summed E-state index contributed by atoms with van der Waals surface area (Å²) in [5, 5.41) is 0. The van der Waals surface area contributed by atoms with Crippen LogP contribution in [0.15, 0.2) is 0 Å². The van der Waals surface area contributed by atoms with Crippen LogP contribution in [0.5, 0.6) is 0 Å². The summed E-state index contributed by atoms with van der Waals surface area (Å²) in [4.78, 5) is 13.7. The summed E-state index contributed by atoms with van der Waals surface area (Å²) < 4.78 is 32.9. The van der Waals surface area contributed by atoms with Gasteiger partial charge < -0.3 is 9.64 Å². The lowest BCUT2D eigenvalue weighted by molar-refractivity contribution is -0.135. The van der Waals surface area contributed by atoms with Gasteiger partial charge in [-0.1, -0.05) is 6.92 Å². The van der Waals surface area contributed by atoms with Crippen LogP contribution in [0.4, 0.5) is 0 Å². The van der Waals surface area contributed by atoms with E-state index in [1.807, 2.05) is 6.92 Å². The standard InChI is InChI=1S/C12H23NO5S/c1-4-7-18-19(15,16)12(2,3)10-11(14)13-5-8-17-9-6-13/h4-10H2,1-3H3. The molecule has 19 heavy (non-hydrogen) atoms. The molecule has 0 radical (unpaired) electrons. The van der Waals surface area contributed by atoms with Crippen LogP contribution in [0.1, 0.15) is 33.6 Å². The Labute approximate surface area is 115 Å². The number of hydrogen-bond acceptors (Lipinski definition) is 5. The van der Waals surface area contributed by atoms with Gasteiger partial charge in [0.2, 0.25) is 5.91 Å². The number of carbonyl (C=O) groups is 1. The molecular weight excluding hydrogens is 270 g/mol. The average Bonchev–Trinajstić information content (AvgIpc) is 2.36. The fraction of sp³-hybridized carbons (Fsp3) is 0.917. The average molecular weight is 293 g/mol. The Balaban J connectivity index is 2.64. The molecule has 0 aromatic heterocycles. The molecule has 7 heteroatoms. The Kier molecular flexibility index (Phi) is 5.76. The highest BCUT2D eigenvalue weighted by molar-refractivity contribution is 7.88. The van der Waals surface area contributed by atoms with Crippen LogP contribution in [0.3, 0.4) is 0 Å². The highest BCUT2D eigenvalue weighted by Crippen LogP contribution is 2.24. The number of nitrogens with zero attached hydrogens (tertiary/aromatic N) is 1. The maximum absolute atomic E-state index is 12.1. The molecule has 0 bridgehead atoms. The lowest BCUT2D eigenvalue weighted by Crippen LogP contribution is -2.45. The molecule has 0 aromatic rings. The number of hydrogen-bond donors (Lipinski definition) is 0. The van der Waals surface area contributed by atoms with Crippen molar-refractivity contribution in [1.82, 2.24) is 4.90 Å². The first-order valence-corrected chi connectivity index (χ1v) is 7.95. The Morgan fingerprint density at radius 3 is 2.42 bits per heavy atom. The second kappa shape index (κ2) is 6.67. The van der Waals surface area contributed by atoms with Gasteiger partial charge in [-0.05, 0) is 20.3 Å². The van der Waals surface area contributed by atoms with E-state index in [1.54, 1.807) is 4.90 Å². The number of morpholine rings is 1. The van der Waals surface area contributed by atoms with Crippen LogP contribution in [-0.2, 0) is 23.8 Å². The van der Waals surface area contributed by atoms with Gasteiger partial charge in [0, 0.05) is 19.5 Å². The van der Waals surface area contributed by atoms with E-state index in [4.69, 9.17) is 8.92 Å². The first-order valence-electron chi connectivity index (χ1n) is 6.54. The summed E-state index contributed by atoms with van der Waals surface area (Å²) >= 11 is 0. The van der Waals surface area contributed by atoms with Crippen molar-refractivity contribution in [3.05, 3.63) is 0 Å². The normalized spacial score (nSPS) is 17.5. The van der Waals surface area contributed by atoms with E-state index < -0.39 is 14.9 Å². The third-order valence-corrected chi connectivity index (χ3v) is 5.03. The van der Waals surface area contributed by atoms with Gasteiger partial charge in [0.15, 0.2) is 0 Å². The lowest BCUT2D eigenvalue weighted by atomic mass is 10.1. The minimum Gasteiger partial charge on any atom is -0.378 e. The first kappa shape index (κ1) is 16.4. The second-order valence-corrected chi connectivity index (χ2v) is 7.45. The summed E-state index contributed by atoms with van der Waals surface area (Å²) in [6.45, 7) is 7.08. The monoisotopic (exact) mass is 293 g/mol. The van der Waals surface area contributed by atoms with Gasteiger partial charge in [-0.2, -0.15) is 8.42 Å². The summed E-state index contributed by atoms with van der Waals surface area (Å²) in [5.74, 6) is -0.169. The number of amides is 1. The van der Waals surface area contributed by atoms with E-state index in [1.165, 1.54) is 13.8 Å². The highest BCUT2D eigenvalue weighted by atomic mass is 32.2. The van der Waals surface area contributed by atoms with Gasteiger partial charge in [0.25, 0.3) is 10.1 Å². The van der Waals surface area contributed by atoms with E-state index in [-0.39, 0.29) is 18.9 Å². The van der Waals surface area contributed by atoms with Gasteiger partial charge in [-0.15, -0.1) is 0 Å². The minimum atomic E-state index is -3.73. The van der Waals surface area contributed by atoms with Crippen LogP contribution in [-0.4, -0.2) is 56.9 Å². The molecule has 0 atom stereocenters. The third kappa shape index (κ3) is 4.43. The molecule has 0 saturated carbocycles. The second-order valence-electron chi connectivity index (χ2n) is 5.21. The number of carbonyl (C=O) groups excluding carboxylic acids is 1. The van der Waals surface area contributed by atoms with Crippen molar-refractivity contribution >= 4 is 16.0 Å². The van der Waals surface area contributed by atoms with Crippen molar-refractivity contribution < 1.29 is 22.1 Å². The largest absolute Gasteiger partial charge is 0.378 e. The maximum Gasteiger partial charge on any atom is 0.273 e. The summed E-state index contributed by atoms with van der Waals surface area (Å²) in [7, 11) is -3.73. The first-order chi connectivity index (χ1) is 8.80. The van der Waals surface area contributed by atoms with E-state index in [9.17, 15) is 13.2 Å². The molecule has 0 unspecified atom stereocenters. The van der Waals surface area contributed by atoms with Crippen LogP contribution in [0.2, 0.25) is 0 Å². The minimum absolute atomic E-state index is 0.0704. The van der Waals surface area contributed by atoms with Gasteiger partial charge in [-0.3, -0.25) is 8.98 Å². The Morgan fingerprint density at radius 1 is 1.32 bits per heavy atom. The molecular formula is C12H23NO5S. The Morgan fingerprint density at radius 2 is 1.89 bits per heavy atom. The van der Waals surface area contributed by atoms with Crippen molar-refractivity contribution in [2.75, 3.05) is 32.9 Å². The molecule has 1 aliphatic heterocycles. The fourth-order valence-corrected chi connectivity index (χ4v) is 2.74. The van der Waals surface area contributed by atoms with Gasteiger partial charge in [0.1, 0.15) is 4.75 Å². The zero-order valence-corrected chi connectivity index (χ0v) is 12.7. The third-order valence-electron chi connectivity index (χ3n) is 3.06. The van der Waals surface area contributed by atoms with E-state index >= 15 is 0 Å².